The minimum Gasteiger partial charge on any atom is -0.480 e. The molecule has 84 valence electrons. The molecule has 0 unspecified atom stereocenters. The van der Waals surface area contributed by atoms with Crippen molar-refractivity contribution in [1.29, 1.82) is 0 Å². The molecule has 2 saturated carbocycles. The zero-order valence-corrected chi connectivity index (χ0v) is 9.01. The largest absolute Gasteiger partial charge is 0.480 e. The molecule has 0 atom stereocenters. The van der Waals surface area contributed by atoms with E-state index in [-0.39, 0.29) is 11.3 Å². The van der Waals surface area contributed by atoms with Crippen LogP contribution in [0.2, 0.25) is 0 Å². The Labute approximate surface area is 89.0 Å². The third kappa shape index (κ3) is 1.73. The van der Waals surface area contributed by atoms with Crippen LogP contribution in [-0.2, 0) is 9.59 Å². The van der Waals surface area contributed by atoms with Gasteiger partial charge in [0.2, 0.25) is 5.91 Å². The van der Waals surface area contributed by atoms with Crippen LogP contribution in [0.3, 0.4) is 0 Å². The molecule has 0 spiro atoms. The second-order valence-electron chi connectivity index (χ2n) is 5.23. The summed E-state index contributed by atoms with van der Waals surface area (Å²) in [5, 5.41) is 11.7. The molecular weight excluding hydrogens is 194 g/mol. The number of carbonyl (C=O) groups excluding carboxylic acids is 1. The number of aliphatic carboxylic acids is 1. The van der Waals surface area contributed by atoms with Gasteiger partial charge in [-0.3, -0.25) is 9.59 Å². The van der Waals surface area contributed by atoms with Crippen LogP contribution in [0.1, 0.15) is 39.0 Å². The number of amides is 1. The van der Waals surface area contributed by atoms with E-state index in [4.69, 9.17) is 5.11 Å². The molecule has 1 amide bonds. The van der Waals surface area contributed by atoms with Crippen molar-refractivity contribution < 1.29 is 14.7 Å². The fraction of sp³-hybridized carbons (Fsp3) is 0.818. The van der Waals surface area contributed by atoms with Crippen LogP contribution in [0.4, 0.5) is 0 Å². The van der Waals surface area contributed by atoms with Crippen LogP contribution < -0.4 is 5.32 Å². The van der Waals surface area contributed by atoms with Crippen LogP contribution in [0.25, 0.3) is 0 Å². The summed E-state index contributed by atoms with van der Waals surface area (Å²) >= 11 is 0. The molecule has 2 aliphatic rings. The highest BCUT2D eigenvalue weighted by atomic mass is 16.4. The topological polar surface area (TPSA) is 66.4 Å². The minimum absolute atomic E-state index is 0.213. The van der Waals surface area contributed by atoms with Crippen LogP contribution in [0.15, 0.2) is 0 Å². The predicted octanol–water partition coefficient (Wildman–Crippen LogP) is 1.16. The predicted molar refractivity (Wildman–Crippen MR) is 54.3 cm³/mol. The van der Waals surface area contributed by atoms with E-state index in [9.17, 15) is 9.59 Å². The van der Waals surface area contributed by atoms with E-state index in [1.165, 1.54) is 6.42 Å². The summed E-state index contributed by atoms with van der Waals surface area (Å²) in [6.07, 6.45) is 4.47. The highest BCUT2D eigenvalue weighted by Crippen LogP contribution is 2.46. The van der Waals surface area contributed by atoms with Gasteiger partial charge in [-0.1, -0.05) is 13.3 Å². The summed E-state index contributed by atoms with van der Waals surface area (Å²) in [6, 6.07) is 0. The number of hydrogen-bond donors (Lipinski definition) is 2. The van der Waals surface area contributed by atoms with E-state index in [0.717, 1.165) is 12.8 Å². The highest BCUT2D eigenvalue weighted by molar-refractivity contribution is 6.04. The molecular formula is C11H17NO3. The van der Waals surface area contributed by atoms with Gasteiger partial charge in [0.05, 0.1) is 0 Å². The molecule has 2 aliphatic carbocycles. The van der Waals surface area contributed by atoms with Gasteiger partial charge in [-0.15, -0.1) is 0 Å². The molecule has 0 heterocycles. The van der Waals surface area contributed by atoms with Crippen molar-refractivity contribution >= 4 is 11.9 Å². The first-order chi connectivity index (χ1) is 6.99. The number of rotatable bonds is 4. The first-order valence-electron chi connectivity index (χ1n) is 5.50. The third-order valence-corrected chi connectivity index (χ3v) is 3.83. The molecule has 2 rings (SSSR count). The summed E-state index contributed by atoms with van der Waals surface area (Å²) in [7, 11) is 0. The van der Waals surface area contributed by atoms with Crippen LogP contribution in [-0.4, -0.2) is 23.5 Å². The zero-order chi connectivity index (χ0) is 11.1. The van der Waals surface area contributed by atoms with Gasteiger partial charge < -0.3 is 10.4 Å². The number of carboxylic acids is 1. The van der Waals surface area contributed by atoms with E-state index in [0.29, 0.717) is 19.4 Å². The first-order valence-corrected chi connectivity index (χ1v) is 5.50. The van der Waals surface area contributed by atoms with Gasteiger partial charge in [0.25, 0.3) is 0 Å². The van der Waals surface area contributed by atoms with Crippen LogP contribution >= 0.6 is 0 Å². The molecule has 4 nitrogen and oxygen atoms in total. The lowest BCUT2D eigenvalue weighted by molar-refractivity contribution is -0.149. The Morgan fingerprint density at radius 1 is 1.27 bits per heavy atom. The lowest BCUT2D eigenvalue weighted by Crippen LogP contribution is -2.44. The van der Waals surface area contributed by atoms with E-state index >= 15 is 0 Å². The second-order valence-corrected chi connectivity index (χ2v) is 5.23. The monoisotopic (exact) mass is 211 g/mol. The Hall–Kier alpha value is -1.06. The normalized spacial score (nSPS) is 25.1. The maximum atomic E-state index is 11.7. The average molecular weight is 211 g/mol. The van der Waals surface area contributed by atoms with Crippen molar-refractivity contribution in [1.82, 2.24) is 5.32 Å². The molecule has 2 fully saturated rings. The molecule has 4 heteroatoms. The molecule has 0 aliphatic heterocycles. The molecule has 0 aromatic carbocycles. The van der Waals surface area contributed by atoms with Crippen molar-refractivity contribution in [3.8, 4) is 0 Å². The fourth-order valence-electron chi connectivity index (χ4n) is 2.08. The van der Waals surface area contributed by atoms with Gasteiger partial charge in [0.15, 0.2) is 0 Å². The SMILES string of the molecule is CC1(CNC(=O)C2(C(=O)O)CC2)CCC1. The Balaban J connectivity index is 1.85. The lowest BCUT2D eigenvalue weighted by Gasteiger charge is -2.38. The van der Waals surface area contributed by atoms with Gasteiger partial charge in [0, 0.05) is 6.54 Å². The minimum atomic E-state index is -1.08. The van der Waals surface area contributed by atoms with Gasteiger partial charge in [0.1, 0.15) is 5.41 Å². The van der Waals surface area contributed by atoms with Crippen LogP contribution in [0.5, 0.6) is 0 Å². The smallest absolute Gasteiger partial charge is 0.319 e. The van der Waals surface area contributed by atoms with E-state index in [1.54, 1.807) is 0 Å². The maximum absolute atomic E-state index is 11.7. The summed E-state index contributed by atoms with van der Waals surface area (Å²) < 4.78 is 0. The Morgan fingerprint density at radius 3 is 2.20 bits per heavy atom. The number of carbonyl (C=O) groups is 2. The Kier molecular flexibility index (Phi) is 2.24. The van der Waals surface area contributed by atoms with E-state index < -0.39 is 11.4 Å². The Bertz CT molecular complexity index is 303. The quantitative estimate of drug-likeness (QED) is 0.686. The highest BCUT2D eigenvalue weighted by Gasteiger charge is 2.57. The Morgan fingerprint density at radius 2 is 1.87 bits per heavy atom. The molecule has 0 radical (unpaired) electrons. The average Bonchev–Trinajstić information content (AvgIpc) is 2.91. The van der Waals surface area contributed by atoms with Crippen molar-refractivity contribution in [2.75, 3.05) is 6.54 Å². The standard InChI is InChI=1S/C11H17NO3/c1-10(3-2-4-10)7-12-8(13)11(5-6-11)9(14)15/h2-7H2,1H3,(H,12,13)(H,14,15). The first kappa shape index (κ1) is 10.5. The van der Waals surface area contributed by atoms with Gasteiger partial charge in [-0.25, -0.2) is 0 Å². The summed E-state index contributed by atoms with van der Waals surface area (Å²) in [5.74, 6) is -1.26. The van der Waals surface area contributed by atoms with Crippen molar-refractivity contribution in [2.24, 2.45) is 10.8 Å². The number of carboxylic acid groups (broad SMARTS) is 1. The van der Waals surface area contributed by atoms with Gasteiger partial charge in [-0.05, 0) is 31.1 Å². The molecule has 0 bridgehead atoms. The zero-order valence-electron chi connectivity index (χ0n) is 9.01. The third-order valence-electron chi connectivity index (χ3n) is 3.83. The maximum Gasteiger partial charge on any atom is 0.319 e. The summed E-state index contributed by atoms with van der Waals surface area (Å²) in [6.45, 7) is 2.76. The van der Waals surface area contributed by atoms with Crippen molar-refractivity contribution in [3.63, 3.8) is 0 Å². The fourth-order valence-corrected chi connectivity index (χ4v) is 2.08. The molecule has 0 aromatic rings. The van der Waals surface area contributed by atoms with Crippen molar-refractivity contribution in [2.45, 2.75) is 39.0 Å². The lowest BCUT2D eigenvalue weighted by atomic mass is 9.70. The molecule has 0 aromatic heterocycles. The molecule has 0 saturated heterocycles. The molecule has 2 N–H and O–H groups in total. The van der Waals surface area contributed by atoms with Gasteiger partial charge in [-0.2, -0.15) is 0 Å². The second kappa shape index (κ2) is 3.22. The van der Waals surface area contributed by atoms with Crippen LogP contribution in [0, 0.1) is 10.8 Å². The van der Waals surface area contributed by atoms with Crippen molar-refractivity contribution in [3.05, 3.63) is 0 Å². The van der Waals surface area contributed by atoms with E-state index in [1.807, 2.05) is 0 Å². The number of hydrogen-bond acceptors (Lipinski definition) is 2. The molecule has 15 heavy (non-hydrogen) atoms. The number of nitrogens with one attached hydrogen (secondary N) is 1. The van der Waals surface area contributed by atoms with Gasteiger partial charge >= 0.3 is 5.97 Å². The summed E-state index contributed by atoms with van der Waals surface area (Å²) in [5.41, 5.74) is -0.871. The van der Waals surface area contributed by atoms with E-state index in [2.05, 4.69) is 12.2 Å². The summed E-state index contributed by atoms with van der Waals surface area (Å²) in [4.78, 5) is 22.5.